The lowest BCUT2D eigenvalue weighted by atomic mass is 10.1. The first-order valence-electron chi connectivity index (χ1n) is 13.0. The standard InChI is InChI=1S/C28H40N4OS2/c1-4-5-6-7-8-19-35-24-12-9-22(10-13-24)30-27(33)25-20-23(11-14-26(25)31(2)34-3)32-18-17-29-28(21-32)15-16-28/h9-14,20,29H,4-8,15-19,21H2,1-3H3,(H,30,33). The Balaban J connectivity index is 1.41. The van der Waals surface area contributed by atoms with E-state index in [2.05, 4.69) is 57.1 Å². The summed E-state index contributed by atoms with van der Waals surface area (Å²) < 4.78 is 2.05. The lowest BCUT2D eigenvalue weighted by molar-refractivity contribution is 0.102. The molecule has 5 nitrogen and oxygen atoms in total. The van der Waals surface area contributed by atoms with Gasteiger partial charge in [0.25, 0.3) is 5.91 Å². The highest BCUT2D eigenvalue weighted by Gasteiger charge is 2.45. The molecule has 35 heavy (non-hydrogen) atoms. The van der Waals surface area contributed by atoms with Gasteiger partial charge in [0.2, 0.25) is 0 Å². The summed E-state index contributed by atoms with van der Waals surface area (Å²) in [5.74, 6) is 1.09. The van der Waals surface area contributed by atoms with Gasteiger partial charge in [-0.2, -0.15) is 0 Å². The second kappa shape index (κ2) is 12.4. The molecule has 2 N–H and O–H groups in total. The summed E-state index contributed by atoms with van der Waals surface area (Å²) in [4.78, 5) is 17.1. The largest absolute Gasteiger partial charge is 0.368 e. The number of nitrogens with one attached hydrogen (secondary N) is 2. The van der Waals surface area contributed by atoms with E-state index >= 15 is 0 Å². The molecule has 2 fully saturated rings. The highest BCUT2D eigenvalue weighted by atomic mass is 32.2. The van der Waals surface area contributed by atoms with Crippen LogP contribution in [0.1, 0.15) is 62.2 Å². The molecule has 0 atom stereocenters. The zero-order chi connectivity index (χ0) is 24.7. The van der Waals surface area contributed by atoms with Gasteiger partial charge in [0.15, 0.2) is 0 Å². The van der Waals surface area contributed by atoms with E-state index in [0.29, 0.717) is 11.1 Å². The molecule has 0 bridgehead atoms. The number of anilines is 3. The van der Waals surface area contributed by atoms with Crippen LogP contribution in [0.5, 0.6) is 0 Å². The van der Waals surface area contributed by atoms with E-state index in [1.54, 1.807) is 11.9 Å². The van der Waals surface area contributed by atoms with Crippen molar-refractivity contribution in [2.24, 2.45) is 0 Å². The summed E-state index contributed by atoms with van der Waals surface area (Å²) in [5.41, 5.74) is 3.92. The number of hydrogen-bond acceptors (Lipinski definition) is 6. The van der Waals surface area contributed by atoms with Crippen molar-refractivity contribution in [3.8, 4) is 0 Å². The molecule has 2 aromatic rings. The Morgan fingerprint density at radius 3 is 2.60 bits per heavy atom. The third kappa shape index (κ3) is 7.11. The minimum atomic E-state index is -0.0599. The van der Waals surface area contributed by atoms with Gasteiger partial charge in [0, 0.05) is 54.7 Å². The Morgan fingerprint density at radius 2 is 1.89 bits per heavy atom. The lowest BCUT2D eigenvalue weighted by Gasteiger charge is -2.36. The predicted molar refractivity (Wildman–Crippen MR) is 154 cm³/mol. The van der Waals surface area contributed by atoms with E-state index in [1.807, 2.05) is 37.2 Å². The maximum atomic E-state index is 13.4. The average molecular weight is 513 g/mol. The molecule has 0 radical (unpaired) electrons. The van der Waals surface area contributed by atoms with Gasteiger partial charge in [-0.3, -0.25) is 4.79 Å². The molecular formula is C28H40N4OS2. The van der Waals surface area contributed by atoms with E-state index in [9.17, 15) is 4.79 Å². The van der Waals surface area contributed by atoms with Gasteiger partial charge in [-0.15, -0.1) is 11.8 Å². The van der Waals surface area contributed by atoms with E-state index in [1.165, 1.54) is 49.8 Å². The molecule has 1 aliphatic carbocycles. The third-order valence-electron chi connectivity index (χ3n) is 7.06. The van der Waals surface area contributed by atoms with Crippen LogP contribution in [-0.4, -0.2) is 50.1 Å². The fourth-order valence-corrected chi connectivity index (χ4v) is 5.94. The maximum Gasteiger partial charge on any atom is 0.257 e. The molecule has 2 aliphatic rings. The molecule has 0 aromatic heterocycles. The molecule has 1 amide bonds. The van der Waals surface area contributed by atoms with E-state index in [4.69, 9.17) is 0 Å². The number of carbonyl (C=O) groups is 1. The van der Waals surface area contributed by atoms with Gasteiger partial charge in [0.05, 0.1) is 11.3 Å². The number of hydrogen-bond donors (Lipinski definition) is 2. The topological polar surface area (TPSA) is 47.6 Å². The Kier molecular flexibility index (Phi) is 9.31. The summed E-state index contributed by atoms with van der Waals surface area (Å²) in [6.07, 6.45) is 11.1. The van der Waals surface area contributed by atoms with Crippen molar-refractivity contribution < 1.29 is 4.79 Å². The van der Waals surface area contributed by atoms with Crippen LogP contribution in [0.25, 0.3) is 0 Å². The van der Waals surface area contributed by atoms with Crippen molar-refractivity contribution >= 4 is 46.7 Å². The first-order chi connectivity index (χ1) is 17.0. The number of piperazine rings is 1. The highest BCUT2D eigenvalue weighted by Crippen LogP contribution is 2.39. The minimum Gasteiger partial charge on any atom is -0.368 e. The monoisotopic (exact) mass is 512 g/mol. The number of thioether (sulfide) groups is 1. The van der Waals surface area contributed by atoms with Crippen LogP contribution in [0, 0.1) is 0 Å². The summed E-state index contributed by atoms with van der Waals surface area (Å²) in [6.45, 7) is 5.24. The van der Waals surface area contributed by atoms with Gasteiger partial charge in [-0.05, 0) is 67.5 Å². The summed E-state index contributed by atoms with van der Waals surface area (Å²) in [5, 5.41) is 6.81. The molecule has 1 spiro atoms. The summed E-state index contributed by atoms with van der Waals surface area (Å²) in [6, 6.07) is 14.6. The number of benzene rings is 2. The van der Waals surface area contributed by atoms with E-state index in [0.717, 1.165) is 42.4 Å². The first kappa shape index (κ1) is 26.2. The van der Waals surface area contributed by atoms with Crippen LogP contribution in [-0.2, 0) is 0 Å². The van der Waals surface area contributed by atoms with Gasteiger partial charge >= 0.3 is 0 Å². The van der Waals surface area contributed by atoms with Crippen LogP contribution in [0.2, 0.25) is 0 Å². The molecule has 190 valence electrons. The Hall–Kier alpha value is -1.83. The van der Waals surface area contributed by atoms with Crippen LogP contribution in [0.3, 0.4) is 0 Å². The molecule has 1 saturated heterocycles. The van der Waals surface area contributed by atoms with Gasteiger partial charge < -0.3 is 19.8 Å². The quantitative estimate of drug-likeness (QED) is 0.188. The zero-order valence-electron chi connectivity index (χ0n) is 21.4. The Bertz CT molecular complexity index is 977. The van der Waals surface area contributed by atoms with E-state index in [-0.39, 0.29) is 5.91 Å². The fraction of sp³-hybridized carbons (Fsp3) is 0.536. The van der Waals surface area contributed by atoms with Gasteiger partial charge in [-0.25, -0.2) is 0 Å². The van der Waals surface area contributed by atoms with Crippen LogP contribution in [0.4, 0.5) is 17.1 Å². The first-order valence-corrected chi connectivity index (χ1v) is 15.2. The third-order valence-corrected chi connectivity index (χ3v) is 8.90. The minimum absolute atomic E-state index is 0.0599. The van der Waals surface area contributed by atoms with Gasteiger partial charge in [0.1, 0.15) is 0 Å². The highest BCUT2D eigenvalue weighted by molar-refractivity contribution is 8.00. The molecule has 1 saturated carbocycles. The number of rotatable bonds is 12. The van der Waals surface area contributed by atoms with E-state index < -0.39 is 0 Å². The molecule has 1 aliphatic heterocycles. The van der Waals surface area contributed by atoms with Crippen molar-refractivity contribution in [1.82, 2.24) is 5.32 Å². The molecule has 7 heteroatoms. The molecule has 4 rings (SSSR count). The Labute approximate surface area is 219 Å². The second-order valence-corrected chi connectivity index (χ2v) is 11.8. The second-order valence-electron chi connectivity index (χ2n) is 9.75. The van der Waals surface area contributed by atoms with Crippen molar-refractivity contribution in [2.45, 2.75) is 62.3 Å². The van der Waals surface area contributed by atoms with Crippen molar-refractivity contribution in [2.75, 3.05) is 53.2 Å². The van der Waals surface area contributed by atoms with Crippen molar-refractivity contribution in [1.29, 1.82) is 0 Å². The summed E-state index contributed by atoms with van der Waals surface area (Å²) in [7, 11) is 2.01. The number of nitrogens with zero attached hydrogens (tertiary/aromatic N) is 2. The average Bonchev–Trinajstić information content (AvgIpc) is 3.64. The smallest absolute Gasteiger partial charge is 0.257 e. The molecular weight excluding hydrogens is 472 g/mol. The lowest BCUT2D eigenvalue weighted by Crippen LogP contribution is -2.52. The SMILES string of the molecule is CCCCCCCSc1ccc(NC(=O)c2cc(N3CCNC4(CC4)C3)ccc2N(C)SC)cc1. The fourth-order valence-electron chi connectivity index (χ4n) is 4.67. The van der Waals surface area contributed by atoms with Crippen molar-refractivity contribution in [3.63, 3.8) is 0 Å². The maximum absolute atomic E-state index is 13.4. The zero-order valence-corrected chi connectivity index (χ0v) is 23.1. The number of amides is 1. The Morgan fingerprint density at radius 1 is 1.11 bits per heavy atom. The number of carbonyl (C=O) groups excluding carboxylic acids is 1. The molecule has 0 unspecified atom stereocenters. The predicted octanol–water partition coefficient (Wildman–Crippen LogP) is 6.66. The van der Waals surface area contributed by atoms with Crippen LogP contribution >= 0.6 is 23.7 Å². The number of unbranched alkanes of at least 4 members (excludes halogenated alkanes) is 4. The molecule has 2 aromatic carbocycles. The molecule has 1 heterocycles. The van der Waals surface area contributed by atoms with Gasteiger partial charge in [-0.1, -0.05) is 44.6 Å². The normalized spacial score (nSPS) is 16.4. The summed E-state index contributed by atoms with van der Waals surface area (Å²) >= 11 is 3.51. The van der Waals surface area contributed by atoms with Crippen LogP contribution in [0.15, 0.2) is 47.4 Å². The van der Waals surface area contributed by atoms with Crippen LogP contribution < -0.4 is 19.8 Å². The van der Waals surface area contributed by atoms with Crippen molar-refractivity contribution in [3.05, 3.63) is 48.0 Å².